The van der Waals surface area contributed by atoms with Crippen LogP contribution in [0.1, 0.15) is 6.92 Å². The van der Waals surface area contributed by atoms with Crippen LogP contribution in [0.25, 0.3) is 0 Å². The Morgan fingerprint density at radius 2 is 2.36 bits per heavy atom. The molecule has 64 valence electrons. The highest BCUT2D eigenvalue weighted by atomic mass is 16.7. The van der Waals surface area contributed by atoms with Crippen molar-refractivity contribution in [2.45, 2.75) is 13.2 Å². The van der Waals surface area contributed by atoms with Crippen LogP contribution in [0.5, 0.6) is 0 Å². The van der Waals surface area contributed by atoms with Crippen LogP contribution in [-0.2, 0) is 19.1 Å². The van der Waals surface area contributed by atoms with Crippen molar-refractivity contribution in [3.05, 3.63) is 0 Å². The first-order valence-electron chi connectivity index (χ1n) is 3.14. The zero-order valence-corrected chi connectivity index (χ0v) is 6.49. The standard InChI is InChI=1S/C6H11NO4/c1-5(10-4-8)11-6(9)3-7-2/h4-5,7H,3H2,1-2H3. The van der Waals surface area contributed by atoms with Crippen LogP contribution >= 0.6 is 0 Å². The Morgan fingerprint density at radius 3 is 2.82 bits per heavy atom. The van der Waals surface area contributed by atoms with Gasteiger partial charge in [0.1, 0.15) is 0 Å². The molecule has 0 aliphatic heterocycles. The molecule has 0 bridgehead atoms. The van der Waals surface area contributed by atoms with E-state index in [9.17, 15) is 9.59 Å². The molecule has 0 saturated carbocycles. The molecule has 0 aromatic heterocycles. The van der Waals surface area contributed by atoms with Gasteiger partial charge in [0.25, 0.3) is 6.47 Å². The Bertz CT molecular complexity index is 137. The number of hydrogen-bond acceptors (Lipinski definition) is 5. The Hall–Kier alpha value is -1.10. The molecule has 0 fully saturated rings. The quantitative estimate of drug-likeness (QED) is 0.327. The van der Waals surface area contributed by atoms with Crippen LogP contribution in [-0.4, -0.2) is 32.3 Å². The highest BCUT2D eigenvalue weighted by molar-refractivity contribution is 5.71. The number of carbonyl (C=O) groups is 2. The topological polar surface area (TPSA) is 64.6 Å². The Labute approximate surface area is 64.7 Å². The summed E-state index contributed by atoms with van der Waals surface area (Å²) >= 11 is 0. The van der Waals surface area contributed by atoms with E-state index < -0.39 is 12.3 Å². The first kappa shape index (κ1) is 9.90. The van der Waals surface area contributed by atoms with Crippen molar-refractivity contribution < 1.29 is 19.1 Å². The maximum absolute atomic E-state index is 10.6. The molecule has 0 amide bonds. The zero-order valence-electron chi connectivity index (χ0n) is 6.49. The summed E-state index contributed by atoms with van der Waals surface area (Å²) in [5, 5.41) is 2.60. The smallest absolute Gasteiger partial charge is 0.322 e. The number of hydrogen-bond donors (Lipinski definition) is 1. The molecule has 5 nitrogen and oxygen atoms in total. The number of rotatable bonds is 5. The number of ether oxygens (including phenoxy) is 2. The van der Waals surface area contributed by atoms with Gasteiger partial charge in [0.15, 0.2) is 0 Å². The van der Waals surface area contributed by atoms with Crippen molar-refractivity contribution >= 4 is 12.4 Å². The molecule has 0 aliphatic carbocycles. The van der Waals surface area contributed by atoms with Gasteiger partial charge in [-0.1, -0.05) is 0 Å². The van der Waals surface area contributed by atoms with E-state index in [-0.39, 0.29) is 13.0 Å². The van der Waals surface area contributed by atoms with Crippen LogP contribution in [0.3, 0.4) is 0 Å². The van der Waals surface area contributed by atoms with Gasteiger partial charge in [-0.15, -0.1) is 0 Å². The van der Waals surface area contributed by atoms with Gasteiger partial charge in [-0.25, -0.2) is 0 Å². The second-order valence-corrected chi connectivity index (χ2v) is 1.82. The average Bonchev–Trinajstić information content (AvgIpc) is 1.87. The van der Waals surface area contributed by atoms with Crippen LogP contribution in [0.15, 0.2) is 0 Å². The Balaban J connectivity index is 3.48. The maximum atomic E-state index is 10.6. The largest absolute Gasteiger partial charge is 0.428 e. The maximum Gasteiger partial charge on any atom is 0.322 e. The lowest BCUT2D eigenvalue weighted by molar-refractivity contribution is -0.175. The van der Waals surface area contributed by atoms with Crippen molar-refractivity contribution in [3.8, 4) is 0 Å². The molecule has 0 rings (SSSR count). The van der Waals surface area contributed by atoms with E-state index in [2.05, 4.69) is 14.8 Å². The van der Waals surface area contributed by atoms with Gasteiger partial charge in [0.05, 0.1) is 6.54 Å². The van der Waals surface area contributed by atoms with Crippen molar-refractivity contribution in [1.29, 1.82) is 0 Å². The minimum absolute atomic E-state index is 0.104. The van der Waals surface area contributed by atoms with Gasteiger partial charge in [-0.2, -0.15) is 0 Å². The van der Waals surface area contributed by atoms with Crippen molar-refractivity contribution in [3.63, 3.8) is 0 Å². The molecular weight excluding hydrogens is 150 g/mol. The number of esters is 1. The summed E-state index contributed by atoms with van der Waals surface area (Å²) in [5.74, 6) is -0.457. The predicted octanol–water partition coefficient (Wildman–Crippen LogP) is -0.732. The molecule has 0 aromatic carbocycles. The van der Waals surface area contributed by atoms with Crippen LogP contribution < -0.4 is 5.32 Å². The highest BCUT2D eigenvalue weighted by Crippen LogP contribution is 1.90. The van der Waals surface area contributed by atoms with E-state index in [1.807, 2.05) is 0 Å². The van der Waals surface area contributed by atoms with E-state index in [0.717, 1.165) is 0 Å². The zero-order chi connectivity index (χ0) is 8.69. The van der Waals surface area contributed by atoms with Crippen LogP contribution in [0.2, 0.25) is 0 Å². The lowest BCUT2D eigenvalue weighted by atomic mass is 10.6. The summed E-state index contributed by atoms with van der Waals surface area (Å²) in [4.78, 5) is 20.4. The summed E-state index contributed by atoms with van der Waals surface area (Å²) in [5.41, 5.74) is 0. The number of likely N-dealkylation sites (N-methyl/N-ethyl adjacent to an activating group) is 1. The van der Waals surface area contributed by atoms with Gasteiger partial charge in [-0.3, -0.25) is 9.59 Å². The molecule has 0 spiro atoms. The number of nitrogens with one attached hydrogen (secondary N) is 1. The fourth-order valence-corrected chi connectivity index (χ4v) is 0.477. The molecule has 0 radical (unpaired) electrons. The van der Waals surface area contributed by atoms with Gasteiger partial charge in [0, 0.05) is 6.92 Å². The summed E-state index contributed by atoms with van der Waals surface area (Å²) in [6, 6.07) is 0. The second kappa shape index (κ2) is 5.67. The van der Waals surface area contributed by atoms with Gasteiger partial charge in [0.2, 0.25) is 6.29 Å². The first-order valence-corrected chi connectivity index (χ1v) is 3.14. The van der Waals surface area contributed by atoms with E-state index in [1.165, 1.54) is 6.92 Å². The third-order valence-electron chi connectivity index (χ3n) is 0.866. The lowest BCUT2D eigenvalue weighted by Gasteiger charge is -2.09. The summed E-state index contributed by atoms with van der Waals surface area (Å²) < 4.78 is 8.88. The average molecular weight is 161 g/mol. The highest BCUT2D eigenvalue weighted by Gasteiger charge is 2.07. The normalized spacial score (nSPS) is 11.8. The minimum atomic E-state index is -0.812. The Morgan fingerprint density at radius 1 is 1.73 bits per heavy atom. The van der Waals surface area contributed by atoms with Crippen LogP contribution in [0.4, 0.5) is 0 Å². The second-order valence-electron chi connectivity index (χ2n) is 1.82. The van der Waals surface area contributed by atoms with Gasteiger partial charge >= 0.3 is 5.97 Å². The van der Waals surface area contributed by atoms with Gasteiger partial charge in [-0.05, 0) is 7.05 Å². The molecular formula is C6H11NO4. The van der Waals surface area contributed by atoms with Crippen molar-refractivity contribution in [1.82, 2.24) is 5.32 Å². The van der Waals surface area contributed by atoms with Crippen molar-refractivity contribution in [2.24, 2.45) is 0 Å². The molecule has 11 heavy (non-hydrogen) atoms. The third-order valence-corrected chi connectivity index (χ3v) is 0.866. The van der Waals surface area contributed by atoms with E-state index in [4.69, 9.17) is 0 Å². The summed E-state index contributed by atoms with van der Waals surface area (Å²) in [7, 11) is 1.62. The molecule has 1 unspecified atom stereocenters. The van der Waals surface area contributed by atoms with Gasteiger partial charge < -0.3 is 14.8 Å². The SMILES string of the molecule is CNCC(=O)OC(C)OC=O. The predicted molar refractivity (Wildman–Crippen MR) is 36.6 cm³/mol. The first-order chi connectivity index (χ1) is 5.20. The fourth-order valence-electron chi connectivity index (χ4n) is 0.477. The summed E-state index contributed by atoms with van der Waals surface area (Å²) in [6.45, 7) is 1.80. The third kappa shape index (κ3) is 5.35. The minimum Gasteiger partial charge on any atom is -0.428 e. The fraction of sp³-hybridized carbons (Fsp3) is 0.667. The molecule has 0 aromatic rings. The number of carbonyl (C=O) groups excluding carboxylic acids is 2. The monoisotopic (exact) mass is 161 g/mol. The van der Waals surface area contributed by atoms with Crippen LogP contribution in [0, 0.1) is 0 Å². The molecule has 1 N–H and O–H groups in total. The molecule has 1 atom stereocenters. The summed E-state index contributed by atoms with van der Waals surface area (Å²) in [6.07, 6.45) is -0.812. The van der Waals surface area contributed by atoms with Crippen molar-refractivity contribution in [2.75, 3.05) is 13.6 Å². The van der Waals surface area contributed by atoms with E-state index in [1.54, 1.807) is 7.05 Å². The molecule has 0 heterocycles. The van der Waals surface area contributed by atoms with E-state index >= 15 is 0 Å². The Kier molecular flexibility index (Phi) is 5.10. The van der Waals surface area contributed by atoms with E-state index in [0.29, 0.717) is 0 Å². The molecule has 0 aliphatic rings. The molecule has 0 saturated heterocycles. The lowest BCUT2D eigenvalue weighted by Crippen LogP contribution is -2.25. The molecule has 5 heteroatoms.